The second-order valence-corrected chi connectivity index (χ2v) is 4.10. The predicted molar refractivity (Wildman–Crippen MR) is 77.6 cm³/mol. The van der Waals surface area contributed by atoms with Gasteiger partial charge in [-0.25, -0.2) is 9.97 Å². The number of nitriles is 2. The number of halogens is 1. The van der Waals surface area contributed by atoms with E-state index < -0.39 is 0 Å². The van der Waals surface area contributed by atoms with Gasteiger partial charge in [0, 0.05) is 13.1 Å². The minimum Gasteiger partial charge on any atom is -0.378 e. The van der Waals surface area contributed by atoms with Gasteiger partial charge in [-0.2, -0.15) is 10.5 Å². The lowest BCUT2D eigenvalue weighted by Gasteiger charge is -2.13. The SMILES string of the molecule is CCN(/C=C/C=C/c1nc(C#N)c(C#N)nc1Cl)CC. The quantitative estimate of drug-likeness (QED) is 0.778. The number of rotatable bonds is 5. The van der Waals surface area contributed by atoms with Crippen LogP contribution in [0.25, 0.3) is 6.08 Å². The minimum atomic E-state index is -0.0617. The summed E-state index contributed by atoms with van der Waals surface area (Å²) in [6, 6.07) is 3.61. The van der Waals surface area contributed by atoms with Crippen LogP contribution in [-0.2, 0) is 0 Å². The van der Waals surface area contributed by atoms with E-state index in [1.165, 1.54) is 0 Å². The van der Waals surface area contributed by atoms with Crippen molar-refractivity contribution >= 4 is 17.7 Å². The number of hydrogen-bond acceptors (Lipinski definition) is 5. The first-order valence-electron chi connectivity index (χ1n) is 6.12. The van der Waals surface area contributed by atoms with Crippen LogP contribution in [0.2, 0.25) is 5.15 Å². The fourth-order valence-corrected chi connectivity index (χ4v) is 1.63. The molecule has 6 heteroatoms. The molecule has 0 aliphatic rings. The van der Waals surface area contributed by atoms with Gasteiger partial charge in [-0.1, -0.05) is 17.7 Å². The van der Waals surface area contributed by atoms with E-state index in [0.717, 1.165) is 13.1 Å². The van der Waals surface area contributed by atoms with E-state index in [-0.39, 0.29) is 16.5 Å². The van der Waals surface area contributed by atoms with Crippen LogP contribution >= 0.6 is 11.6 Å². The molecule has 0 saturated heterocycles. The van der Waals surface area contributed by atoms with Crippen LogP contribution in [0.1, 0.15) is 30.9 Å². The molecule has 1 rings (SSSR count). The third-order valence-corrected chi connectivity index (χ3v) is 2.84. The van der Waals surface area contributed by atoms with E-state index in [9.17, 15) is 0 Å². The van der Waals surface area contributed by atoms with Gasteiger partial charge >= 0.3 is 0 Å². The molecule has 0 fully saturated rings. The summed E-state index contributed by atoms with van der Waals surface area (Å²) in [7, 11) is 0. The summed E-state index contributed by atoms with van der Waals surface area (Å²) in [4.78, 5) is 9.97. The van der Waals surface area contributed by atoms with Crippen molar-refractivity contribution in [2.75, 3.05) is 13.1 Å². The van der Waals surface area contributed by atoms with Gasteiger partial charge in [-0.15, -0.1) is 0 Å². The summed E-state index contributed by atoms with van der Waals surface area (Å²) in [6.07, 6.45) is 7.22. The molecule has 0 atom stereocenters. The van der Waals surface area contributed by atoms with Gasteiger partial charge in [0.05, 0.1) is 0 Å². The van der Waals surface area contributed by atoms with Crippen molar-refractivity contribution in [2.24, 2.45) is 0 Å². The molecule has 1 heterocycles. The minimum absolute atomic E-state index is 0.0238. The maximum absolute atomic E-state index is 8.88. The highest BCUT2D eigenvalue weighted by Crippen LogP contribution is 2.15. The molecular formula is C14H14ClN5. The average molecular weight is 288 g/mol. The lowest BCUT2D eigenvalue weighted by Crippen LogP contribution is -2.14. The van der Waals surface area contributed by atoms with Crippen LogP contribution in [0.5, 0.6) is 0 Å². The fraction of sp³-hybridized carbons (Fsp3) is 0.286. The van der Waals surface area contributed by atoms with Gasteiger partial charge in [-0.05, 0) is 32.2 Å². The summed E-state index contributed by atoms with van der Waals surface area (Å²) in [5, 5.41) is 17.8. The number of hydrogen-bond donors (Lipinski definition) is 0. The van der Waals surface area contributed by atoms with Crippen molar-refractivity contribution in [3.8, 4) is 12.1 Å². The predicted octanol–water partition coefficient (Wildman–Crippen LogP) is 2.74. The van der Waals surface area contributed by atoms with E-state index in [1.54, 1.807) is 18.2 Å². The van der Waals surface area contributed by atoms with Crippen LogP contribution in [0, 0.1) is 22.7 Å². The Balaban J connectivity index is 2.94. The van der Waals surface area contributed by atoms with Gasteiger partial charge in [0.2, 0.25) is 0 Å². The summed E-state index contributed by atoms with van der Waals surface area (Å²) in [6.45, 7) is 5.99. The highest BCUT2D eigenvalue weighted by Gasteiger charge is 2.09. The number of allylic oxidation sites excluding steroid dienone is 2. The largest absolute Gasteiger partial charge is 0.378 e. The van der Waals surface area contributed by atoms with Crippen LogP contribution in [-0.4, -0.2) is 28.0 Å². The molecule has 5 nitrogen and oxygen atoms in total. The average Bonchev–Trinajstić information content (AvgIpc) is 2.48. The molecule has 0 N–H and O–H groups in total. The maximum atomic E-state index is 8.88. The zero-order valence-electron chi connectivity index (χ0n) is 11.3. The molecule has 0 bridgehead atoms. The van der Waals surface area contributed by atoms with Crippen molar-refractivity contribution in [1.82, 2.24) is 14.9 Å². The molecular weight excluding hydrogens is 274 g/mol. The molecule has 0 aromatic carbocycles. The second-order valence-electron chi connectivity index (χ2n) is 3.74. The van der Waals surface area contributed by atoms with E-state index in [0.29, 0.717) is 5.69 Å². The van der Waals surface area contributed by atoms with Crippen LogP contribution in [0.4, 0.5) is 0 Å². The van der Waals surface area contributed by atoms with Crippen LogP contribution in [0.15, 0.2) is 18.4 Å². The Morgan fingerprint density at radius 1 is 1.10 bits per heavy atom. The molecule has 0 radical (unpaired) electrons. The molecule has 102 valence electrons. The highest BCUT2D eigenvalue weighted by atomic mass is 35.5. The Bertz CT molecular complexity index is 603. The Morgan fingerprint density at radius 2 is 1.70 bits per heavy atom. The number of nitrogens with zero attached hydrogens (tertiary/aromatic N) is 5. The standard InChI is InChI=1S/C14H14ClN5/c1-3-20(4-2)8-6-5-7-11-14(15)19-13(10-17)12(9-16)18-11/h5-8H,3-4H2,1-2H3/b7-5+,8-6+. The van der Waals surface area contributed by atoms with E-state index in [1.807, 2.05) is 18.3 Å². The van der Waals surface area contributed by atoms with Gasteiger partial charge in [-0.3, -0.25) is 0 Å². The van der Waals surface area contributed by atoms with Crippen molar-refractivity contribution in [2.45, 2.75) is 13.8 Å². The molecule has 0 unspecified atom stereocenters. The first-order chi connectivity index (χ1) is 9.65. The van der Waals surface area contributed by atoms with Crippen LogP contribution < -0.4 is 0 Å². The maximum Gasteiger partial charge on any atom is 0.178 e. The third-order valence-electron chi connectivity index (χ3n) is 2.56. The van der Waals surface area contributed by atoms with E-state index in [2.05, 4.69) is 28.7 Å². The van der Waals surface area contributed by atoms with Crippen LogP contribution in [0.3, 0.4) is 0 Å². The molecule has 1 aromatic heterocycles. The molecule has 1 aromatic rings. The Labute approximate surface area is 123 Å². The lowest BCUT2D eigenvalue weighted by molar-refractivity contribution is 0.419. The van der Waals surface area contributed by atoms with E-state index >= 15 is 0 Å². The summed E-state index contributed by atoms with van der Waals surface area (Å²) in [5.74, 6) is 0. The fourth-order valence-electron chi connectivity index (χ4n) is 1.44. The summed E-state index contributed by atoms with van der Waals surface area (Å²) < 4.78 is 0. The van der Waals surface area contributed by atoms with Crippen molar-refractivity contribution < 1.29 is 0 Å². The Kier molecular flexibility index (Phi) is 6.22. The Morgan fingerprint density at radius 3 is 2.25 bits per heavy atom. The second kappa shape index (κ2) is 7.93. The molecule has 0 saturated carbocycles. The molecule has 20 heavy (non-hydrogen) atoms. The van der Waals surface area contributed by atoms with Crippen molar-refractivity contribution in [3.63, 3.8) is 0 Å². The van der Waals surface area contributed by atoms with Crippen molar-refractivity contribution in [3.05, 3.63) is 40.6 Å². The molecule has 0 amide bonds. The molecule has 0 aliphatic heterocycles. The first kappa shape index (κ1) is 15.7. The van der Waals surface area contributed by atoms with Gasteiger partial charge in [0.1, 0.15) is 17.8 Å². The van der Waals surface area contributed by atoms with Gasteiger partial charge < -0.3 is 4.90 Å². The zero-order chi connectivity index (χ0) is 15.0. The molecule has 0 spiro atoms. The lowest BCUT2D eigenvalue weighted by atomic mass is 10.3. The monoisotopic (exact) mass is 287 g/mol. The summed E-state index contributed by atoms with van der Waals surface area (Å²) in [5.41, 5.74) is 0.281. The summed E-state index contributed by atoms with van der Waals surface area (Å²) >= 11 is 5.91. The zero-order valence-corrected chi connectivity index (χ0v) is 12.1. The third kappa shape index (κ3) is 4.08. The smallest absolute Gasteiger partial charge is 0.178 e. The Hall–Kier alpha value is -2.37. The highest BCUT2D eigenvalue weighted by molar-refractivity contribution is 6.30. The van der Waals surface area contributed by atoms with Gasteiger partial charge in [0.25, 0.3) is 0 Å². The first-order valence-corrected chi connectivity index (χ1v) is 6.50. The normalized spacial score (nSPS) is 10.7. The van der Waals surface area contributed by atoms with Gasteiger partial charge in [0.15, 0.2) is 16.5 Å². The van der Waals surface area contributed by atoms with E-state index in [4.69, 9.17) is 22.1 Å². The topological polar surface area (TPSA) is 76.6 Å². The number of aromatic nitrogens is 2. The molecule has 0 aliphatic carbocycles. The van der Waals surface area contributed by atoms with Crippen molar-refractivity contribution in [1.29, 1.82) is 10.5 Å².